The lowest BCUT2D eigenvalue weighted by Crippen LogP contribution is -2.26. The molecule has 1 heterocycles. The molecule has 1 aromatic carbocycles. The Morgan fingerprint density at radius 1 is 1.06 bits per heavy atom. The van der Waals surface area contributed by atoms with Crippen LogP contribution in [-0.2, 0) is 23.1 Å². The van der Waals surface area contributed by atoms with Crippen molar-refractivity contribution in [1.29, 1.82) is 0 Å². The second-order valence-electron chi connectivity index (χ2n) is 10.7. The van der Waals surface area contributed by atoms with Crippen molar-refractivity contribution < 1.29 is 15.0 Å². The highest BCUT2D eigenvalue weighted by Gasteiger charge is 2.34. The van der Waals surface area contributed by atoms with Gasteiger partial charge in [0.1, 0.15) is 0 Å². The quantitative estimate of drug-likeness (QED) is 0.337. The lowest BCUT2D eigenvalue weighted by atomic mass is 9.72. The fourth-order valence-electron chi connectivity index (χ4n) is 5.01. The highest BCUT2D eigenvalue weighted by atomic mass is 32.1. The van der Waals surface area contributed by atoms with Gasteiger partial charge in [0.05, 0.1) is 0 Å². The molecule has 0 aliphatic heterocycles. The zero-order chi connectivity index (χ0) is 24.8. The Bertz CT molecular complexity index is 921. The molecule has 0 radical (unpaired) electrons. The molecule has 0 aliphatic rings. The van der Waals surface area contributed by atoms with E-state index >= 15 is 0 Å². The number of aliphatic hydroxyl groups excluding tert-OH is 1. The third-order valence-corrected chi connectivity index (χ3v) is 8.94. The molecule has 0 aliphatic carbocycles. The number of hydrogen-bond acceptors (Lipinski definition) is 3. The van der Waals surface area contributed by atoms with Crippen molar-refractivity contribution in [3.63, 3.8) is 0 Å². The van der Waals surface area contributed by atoms with Gasteiger partial charge in [-0.25, -0.2) is 0 Å². The van der Waals surface area contributed by atoms with Crippen molar-refractivity contribution in [1.82, 2.24) is 0 Å². The van der Waals surface area contributed by atoms with Gasteiger partial charge in [0.15, 0.2) is 0 Å². The Morgan fingerprint density at radius 3 is 2.27 bits per heavy atom. The topological polar surface area (TPSA) is 57.5 Å². The number of carbonyl (C=O) groups is 1. The fraction of sp³-hybridized carbons (Fsp3) is 0.621. The largest absolute Gasteiger partial charge is 0.481 e. The van der Waals surface area contributed by atoms with E-state index in [4.69, 9.17) is 5.11 Å². The zero-order valence-corrected chi connectivity index (χ0v) is 22.6. The number of aryl methyl sites for hydroxylation is 4. The summed E-state index contributed by atoms with van der Waals surface area (Å²) in [6, 6.07) is 9.08. The molecule has 0 amide bonds. The Morgan fingerprint density at radius 2 is 1.76 bits per heavy atom. The molecule has 0 saturated carbocycles. The third kappa shape index (κ3) is 6.70. The molecule has 33 heavy (non-hydrogen) atoms. The van der Waals surface area contributed by atoms with Crippen molar-refractivity contribution >= 4 is 17.3 Å². The Balaban J connectivity index is 2.39. The van der Waals surface area contributed by atoms with Crippen molar-refractivity contribution in [2.45, 2.75) is 98.8 Å². The molecule has 2 N–H and O–H groups in total. The number of carboxylic acid groups (broad SMARTS) is 1. The molecule has 2 unspecified atom stereocenters. The smallest absolute Gasteiger partial charge is 0.303 e. The monoisotopic (exact) mass is 472 g/mol. The average Bonchev–Trinajstić information content (AvgIpc) is 3.11. The van der Waals surface area contributed by atoms with Gasteiger partial charge >= 0.3 is 5.97 Å². The summed E-state index contributed by atoms with van der Waals surface area (Å²) in [6.07, 6.45) is 6.01. The van der Waals surface area contributed by atoms with Gasteiger partial charge in [-0.1, -0.05) is 59.2 Å². The van der Waals surface area contributed by atoms with Gasteiger partial charge in [-0.15, -0.1) is 11.3 Å². The molecule has 0 spiro atoms. The molecule has 1 aromatic heterocycles. The molecule has 0 bridgehead atoms. The number of benzene rings is 1. The van der Waals surface area contributed by atoms with Crippen LogP contribution in [-0.4, -0.2) is 22.8 Å². The van der Waals surface area contributed by atoms with Gasteiger partial charge < -0.3 is 10.2 Å². The minimum atomic E-state index is -0.746. The predicted molar refractivity (Wildman–Crippen MR) is 141 cm³/mol. The molecule has 4 heteroatoms. The van der Waals surface area contributed by atoms with Gasteiger partial charge in [-0.05, 0) is 85.6 Å². The van der Waals surface area contributed by atoms with Crippen LogP contribution in [0.2, 0.25) is 0 Å². The van der Waals surface area contributed by atoms with Crippen LogP contribution in [0.25, 0.3) is 0 Å². The van der Waals surface area contributed by atoms with Crippen LogP contribution < -0.4 is 0 Å². The molecular weight excluding hydrogens is 428 g/mol. The van der Waals surface area contributed by atoms with E-state index in [2.05, 4.69) is 72.7 Å². The van der Waals surface area contributed by atoms with E-state index in [0.717, 1.165) is 37.7 Å². The van der Waals surface area contributed by atoms with E-state index < -0.39 is 5.97 Å². The Kier molecular flexibility index (Phi) is 9.75. The number of rotatable bonds is 12. The van der Waals surface area contributed by atoms with Gasteiger partial charge in [0, 0.05) is 28.2 Å². The van der Waals surface area contributed by atoms with E-state index in [0.29, 0.717) is 12.3 Å². The molecule has 2 aromatic rings. The number of hydrogen-bond donors (Lipinski definition) is 2. The van der Waals surface area contributed by atoms with E-state index in [1.54, 1.807) is 0 Å². The molecule has 2 rings (SSSR count). The van der Waals surface area contributed by atoms with Crippen molar-refractivity contribution in [3.8, 4) is 0 Å². The van der Waals surface area contributed by atoms with Crippen LogP contribution in [0.1, 0.15) is 98.7 Å². The normalized spacial score (nSPS) is 14.8. The van der Waals surface area contributed by atoms with Crippen LogP contribution in [0.15, 0.2) is 24.3 Å². The highest BCUT2D eigenvalue weighted by molar-refractivity contribution is 7.12. The Hall–Kier alpha value is -1.65. The lowest BCUT2D eigenvalue weighted by Gasteiger charge is -2.33. The first-order chi connectivity index (χ1) is 15.5. The Labute approximate surface area is 205 Å². The SMILES string of the molecule is CCCC(CC)(c1ccc(CCC(=O)O)c(C)c1)c1cc(C)c(CCC(CO)C(C)(C)C)s1. The van der Waals surface area contributed by atoms with Crippen molar-refractivity contribution in [2.24, 2.45) is 11.3 Å². The molecule has 0 saturated heterocycles. The van der Waals surface area contributed by atoms with Crippen LogP contribution in [0, 0.1) is 25.2 Å². The summed E-state index contributed by atoms with van der Waals surface area (Å²) in [4.78, 5) is 13.9. The van der Waals surface area contributed by atoms with Crippen molar-refractivity contribution in [3.05, 3.63) is 56.3 Å². The fourth-order valence-corrected chi connectivity index (χ4v) is 6.52. The third-order valence-electron chi connectivity index (χ3n) is 7.44. The first-order valence-electron chi connectivity index (χ1n) is 12.5. The zero-order valence-electron chi connectivity index (χ0n) is 21.8. The van der Waals surface area contributed by atoms with Gasteiger partial charge in [0.25, 0.3) is 0 Å². The highest BCUT2D eigenvalue weighted by Crippen LogP contribution is 2.45. The predicted octanol–water partition coefficient (Wildman–Crippen LogP) is 7.47. The summed E-state index contributed by atoms with van der Waals surface area (Å²) >= 11 is 1.95. The second-order valence-corrected chi connectivity index (χ2v) is 11.9. The summed E-state index contributed by atoms with van der Waals surface area (Å²) in [7, 11) is 0. The molecule has 0 fully saturated rings. The van der Waals surface area contributed by atoms with E-state index in [9.17, 15) is 9.90 Å². The number of carboxylic acids is 1. The standard InChI is InChI=1S/C29H44O3S/c1-8-16-29(9-2,23-12-10-22(20(3)17-23)11-15-27(31)32)26-18-21(4)25(33-26)14-13-24(19-30)28(5,6)7/h10,12,17-18,24,30H,8-9,11,13-16,19H2,1-7H3,(H,31,32). The van der Waals surface area contributed by atoms with Gasteiger partial charge in [0.2, 0.25) is 0 Å². The lowest BCUT2D eigenvalue weighted by molar-refractivity contribution is -0.136. The summed E-state index contributed by atoms with van der Waals surface area (Å²) in [5, 5.41) is 18.9. The van der Waals surface area contributed by atoms with Crippen LogP contribution in [0.5, 0.6) is 0 Å². The number of aliphatic carboxylic acids is 1. The molecule has 3 nitrogen and oxygen atoms in total. The summed E-state index contributed by atoms with van der Waals surface area (Å²) < 4.78 is 0. The van der Waals surface area contributed by atoms with Crippen LogP contribution in [0.4, 0.5) is 0 Å². The van der Waals surface area contributed by atoms with Crippen molar-refractivity contribution in [2.75, 3.05) is 6.61 Å². The van der Waals surface area contributed by atoms with Gasteiger partial charge in [-0.3, -0.25) is 4.79 Å². The average molecular weight is 473 g/mol. The maximum atomic E-state index is 11.0. The summed E-state index contributed by atoms with van der Waals surface area (Å²) in [5.74, 6) is -0.445. The first kappa shape index (κ1) is 27.6. The summed E-state index contributed by atoms with van der Waals surface area (Å²) in [6.45, 7) is 15.8. The first-order valence-corrected chi connectivity index (χ1v) is 13.3. The minimum Gasteiger partial charge on any atom is -0.481 e. The van der Waals surface area contributed by atoms with Crippen LogP contribution in [0.3, 0.4) is 0 Å². The second kappa shape index (κ2) is 11.7. The maximum absolute atomic E-state index is 11.0. The minimum absolute atomic E-state index is 0.0150. The molecule has 2 atom stereocenters. The number of thiophene rings is 1. The molecule has 184 valence electrons. The number of aliphatic hydroxyl groups is 1. The van der Waals surface area contributed by atoms with Gasteiger partial charge in [-0.2, -0.15) is 0 Å². The van der Waals surface area contributed by atoms with E-state index in [1.807, 2.05) is 11.3 Å². The van der Waals surface area contributed by atoms with Crippen LogP contribution >= 0.6 is 11.3 Å². The molecular formula is C29H44O3S. The van der Waals surface area contributed by atoms with E-state index in [-0.39, 0.29) is 23.9 Å². The maximum Gasteiger partial charge on any atom is 0.303 e. The van der Waals surface area contributed by atoms with E-state index in [1.165, 1.54) is 26.4 Å². The summed E-state index contributed by atoms with van der Waals surface area (Å²) in [5.41, 5.74) is 5.12.